The molecule has 2 heterocycles. The Bertz CT molecular complexity index is 5160. The fourth-order valence-electron chi connectivity index (χ4n) is 13.1. The maximum absolute atomic E-state index is 14.9. The topological polar surface area (TPSA) is 240 Å². The zero-order chi connectivity index (χ0) is 65.3. The second kappa shape index (κ2) is 24.0. The minimum absolute atomic E-state index is 0.00582. The molecule has 462 valence electrons. The average Bonchev–Trinajstić information content (AvgIpc) is 1.57. The van der Waals surface area contributed by atoms with Gasteiger partial charge in [0.25, 0.3) is 22.2 Å². The largest absolute Gasteiger partial charge is 0.508 e. The molecule has 10 aromatic carbocycles. The van der Waals surface area contributed by atoms with E-state index in [2.05, 4.69) is 0 Å². The number of hydrogen-bond acceptors (Lipinski definition) is 12. The maximum atomic E-state index is 14.9. The highest BCUT2D eigenvalue weighted by Gasteiger charge is 2.26. The van der Waals surface area contributed by atoms with Gasteiger partial charge in [0.2, 0.25) is 0 Å². The highest BCUT2D eigenvalue weighted by Crippen LogP contribution is 2.38. The third-order valence-electron chi connectivity index (χ3n) is 17.9. The van der Waals surface area contributed by atoms with Gasteiger partial charge >= 0.3 is 0 Å². The molecule has 8 N–H and O–H groups in total. The fourth-order valence-corrected chi connectivity index (χ4v) is 13.1. The highest BCUT2D eigenvalue weighted by molar-refractivity contribution is 5.98. The van der Waals surface area contributed by atoms with Crippen LogP contribution in [0.15, 0.2) is 171 Å². The zero-order valence-electron chi connectivity index (χ0n) is 52.0. The number of fused-ring (bicyclic) bond motifs is 2. The predicted molar refractivity (Wildman–Crippen MR) is 359 cm³/mol. The van der Waals surface area contributed by atoms with Crippen LogP contribution < -0.4 is 22.2 Å². The molecule has 0 fully saturated rings. The van der Waals surface area contributed by atoms with Crippen molar-refractivity contribution in [1.29, 1.82) is 0 Å². The van der Waals surface area contributed by atoms with Crippen molar-refractivity contribution in [2.75, 3.05) is 0 Å². The van der Waals surface area contributed by atoms with Gasteiger partial charge in [-0.1, -0.05) is 126 Å². The molecule has 0 aliphatic heterocycles. The molecule has 14 heteroatoms. The first-order chi connectivity index (χ1) is 43.9. The standard InChI is InChI=1S/C78H68N2O12/c1-40-11-20-67(81)55(22-40)29-49-24-44(5)71(85)57(30-49)31-50-25-45(6)72(86)58(32-50)35-52-16-18-60(37-68(52)82)79-75(89)61-38-63-64(39-62(61)76(79)90)78(92)80(77(63)91)66-19-17-54(28-48-14-12-47(13-15-48)27-53-10-8-9-42(3)69(53)83)74(88)65(66)34-51-26-46(7)73(87)59(33-51)36-56-23-41(2)21-43(4)70(56)84/h8-26,30,32-33,37-39,81-88H,27-29,31,34-36H2,1-7H3. The van der Waals surface area contributed by atoms with Gasteiger partial charge in [0, 0.05) is 56.6 Å². The molecule has 2 aromatic heterocycles. The van der Waals surface area contributed by atoms with E-state index in [-0.39, 0.29) is 110 Å². The first-order valence-electron chi connectivity index (χ1n) is 30.4. The Balaban J connectivity index is 0.868. The molecule has 92 heavy (non-hydrogen) atoms. The molecule has 14 nitrogen and oxygen atoms in total. The summed E-state index contributed by atoms with van der Waals surface area (Å²) in [6, 6.07) is 43.5. The van der Waals surface area contributed by atoms with Crippen LogP contribution in [0.2, 0.25) is 0 Å². The molecule has 0 aliphatic carbocycles. The highest BCUT2D eigenvalue weighted by atomic mass is 16.3. The Hall–Kier alpha value is -11.1. The summed E-state index contributed by atoms with van der Waals surface area (Å²) in [5, 5.41) is 89.8. The molecule has 0 radical (unpaired) electrons. The van der Waals surface area contributed by atoms with Crippen LogP contribution in [0.3, 0.4) is 0 Å². The second-order valence-electron chi connectivity index (χ2n) is 24.8. The number of phenols is 8. The van der Waals surface area contributed by atoms with E-state index in [1.165, 1.54) is 24.3 Å². The Morgan fingerprint density at radius 3 is 1.25 bits per heavy atom. The van der Waals surface area contributed by atoms with E-state index in [1.54, 1.807) is 63.2 Å². The molecule has 0 amide bonds. The predicted octanol–water partition coefficient (Wildman–Crippen LogP) is 12.8. The number of rotatable bonds is 16. The Morgan fingerprint density at radius 1 is 0.283 bits per heavy atom. The van der Waals surface area contributed by atoms with E-state index >= 15 is 0 Å². The van der Waals surface area contributed by atoms with Gasteiger partial charge < -0.3 is 40.9 Å². The van der Waals surface area contributed by atoms with Crippen molar-refractivity contribution in [1.82, 2.24) is 9.13 Å². The molecule has 0 aliphatic rings. The third kappa shape index (κ3) is 11.5. The summed E-state index contributed by atoms with van der Waals surface area (Å²) >= 11 is 0. The Kier molecular flexibility index (Phi) is 16.0. The quantitative estimate of drug-likeness (QED) is 0.0451. The van der Waals surface area contributed by atoms with E-state index in [0.717, 1.165) is 59.2 Å². The van der Waals surface area contributed by atoms with E-state index in [9.17, 15) is 60.0 Å². The molecule has 0 saturated heterocycles. The van der Waals surface area contributed by atoms with Crippen molar-refractivity contribution < 1.29 is 40.9 Å². The molecule has 0 atom stereocenters. The lowest BCUT2D eigenvalue weighted by molar-refractivity contribution is 0.457. The number of phenolic OH excluding ortho intramolecular Hbond substituents is 8. The smallest absolute Gasteiger partial charge is 0.266 e. The number of nitrogens with zero attached hydrogens (tertiary/aromatic N) is 2. The van der Waals surface area contributed by atoms with Gasteiger partial charge in [0.1, 0.15) is 46.0 Å². The van der Waals surface area contributed by atoms with Crippen LogP contribution in [0.25, 0.3) is 32.9 Å². The van der Waals surface area contributed by atoms with Crippen molar-refractivity contribution in [2.45, 2.75) is 93.4 Å². The summed E-state index contributed by atoms with van der Waals surface area (Å²) in [7, 11) is 0. The number of hydrogen-bond donors (Lipinski definition) is 8. The van der Waals surface area contributed by atoms with Gasteiger partial charge in [0.15, 0.2) is 0 Å². The molecule has 0 spiro atoms. The third-order valence-corrected chi connectivity index (χ3v) is 17.9. The summed E-state index contributed by atoms with van der Waals surface area (Å²) in [4.78, 5) is 58.6. The van der Waals surface area contributed by atoms with Crippen molar-refractivity contribution >= 4 is 21.5 Å². The van der Waals surface area contributed by atoms with Crippen LogP contribution in [-0.2, 0) is 44.9 Å². The average molecular weight is 1230 g/mol. The van der Waals surface area contributed by atoms with Crippen LogP contribution >= 0.6 is 0 Å². The SMILES string of the molecule is Cc1ccc(O)c(Cc2cc(C)c(O)c(Cc3cc(C)c(O)c(Cc4ccc(-n5c(=O)c6cc7c(=O)n(-c8ccc(Cc9ccc(Cc%10cccc(C)c%10O)cc9)c(O)c8Cc8cc(C)c(O)c(Cc9cc(C)cc(C)c9O)c8)c(=O)c7cc6c5=O)cc4O)c3)c2)c1. The lowest BCUT2D eigenvalue weighted by atomic mass is 9.92. The molecule has 12 aromatic rings. The number of para-hydroxylation sites is 1. The first-order valence-corrected chi connectivity index (χ1v) is 30.4. The number of aromatic hydroxyl groups is 8. The van der Waals surface area contributed by atoms with E-state index in [1.807, 2.05) is 113 Å². The minimum Gasteiger partial charge on any atom is -0.508 e. The molecule has 12 rings (SSSR count). The van der Waals surface area contributed by atoms with Crippen molar-refractivity contribution in [2.24, 2.45) is 0 Å². The summed E-state index contributed by atoms with van der Waals surface area (Å²) in [5.74, 6) is 0.233. The molecule has 0 saturated carbocycles. The van der Waals surface area contributed by atoms with E-state index < -0.39 is 22.2 Å². The molecule has 0 unspecified atom stereocenters. The number of aryl methyl sites for hydroxylation is 7. The Morgan fingerprint density at radius 2 is 0.707 bits per heavy atom. The van der Waals surface area contributed by atoms with Crippen LogP contribution in [0.4, 0.5) is 0 Å². The van der Waals surface area contributed by atoms with Gasteiger partial charge in [-0.25, -0.2) is 9.13 Å². The van der Waals surface area contributed by atoms with Crippen LogP contribution in [-0.4, -0.2) is 50.0 Å². The monoisotopic (exact) mass is 1220 g/mol. The minimum atomic E-state index is -0.799. The van der Waals surface area contributed by atoms with Gasteiger partial charge in [-0.05, 0) is 179 Å². The van der Waals surface area contributed by atoms with Crippen molar-refractivity contribution in [3.05, 3.63) is 310 Å². The molecular formula is C78H68N2O12. The summed E-state index contributed by atoms with van der Waals surface area (Å²) in [6.45, 7) is 12.8. The van der Waals surface area contributed by atoms with Gasteiger partial charge in [-0.2, -0.15) is 0 Å². The lowest BCUT2D eigenvalue weighted by Gasteiger charge is -2.18. The van der Waals surface area contributed by atoms with E-state index in [0.29, 0.717) is 80.5 Å². The summed E-state index contributed by atoms with van der Waals surface area (Å²) in [5.41, 5.74) is 11.0. The van der Waals surface area contributed by atoms with Crippen molar-refractivity contribution in [3.8, 4) is 57.4 Å². The number of aromatic nitrogens is 2. The van der Waals surface area contributed by atoms with Crippen LogP contribution in [0.5, 0.6) is 46.0 Å². The van der Waals surface area contributed by atoms with Gasteiger partial charge in [0.05, 0.1) is 32.9 Å². The van der Waals surface area contributed by atoms with E-state index in [4.69, 9.17) is 0 Å². The van der Waals surface area contributed by atoms with Crippen LogP contribution in [0.1, 0.15) is 117 Å². The fraction of sp³-hybridized carbons (Fsp3) is 0.179. The van der Waals surface area contributed by atoms with Gasteiger partial charge in [-0.3, -0.25) is 19.2 Å². The normalized spacial score (nSPS) is 11.6. The first kappa shape index (κ1) is 61.1. The Labute approximate surface area is 529 Å². The maximum Gasteiger partial charge on any atom is 0.266 e. The zero-order valence-corrected chi connectivity index (χ0v) is 52.0. The molecular weight excluding hydrogens is 1160 g/mol. The molecule has 0 bridgehead atoms. The lowest BCUT2D eigenvalue weighted by Crippen LogP contribution is -2.25. The number of benzene rings is 10. The van der Waals surface area contributed by atoms with Gasteiger partial charge in [-0.15, -0.1) is 0 Å². The second-order valence-corrected chi connectivity index (χ2v) is 24.8. The summed E-state index contributed by atoms with van der Waals surface area (Å²) < 4.78 is 1.81. The summed E-state index contributed by atoms with van der Waals surface area (Å²) in [6.07, 6.45) is 1.70. The van der Waals surface area contributed by atoms with Crippen LogP contribution in [0, 0.1) is 48.5 Å². The van der Waals surface area contributed by atoms with Crippen molar-refractivity contribution in [3.63, 3.8) is 0 Å².